The topological polar surface area (TPSA) is 87.7 Å². The monoisotopic (exact) mass is 505 g/mol. The molecule has 2 N–H and O–H groups in total. The van der Waals surface area contributed by atoms with E-state index in [9.17, 15) is 14.4 Å². The fourth-order valence-electron chi connectivity index (χ4n) is 4.41. The van der Waals surface area contributed by atoms with Crippen molar-refractivity contribution < 1.29 is 19.1 Å². The van der Waals surface area contributed by atoms with E-state index in [1.165, 1.54) is 0 Å². The molecule has 4 aromatic carbocycles. The highest BCUT2D eigenvalue weighted by molar-refractivity contribution is 6.16. The SMILES string of the molecule is CCc1ccccc1NC(=O)CN1C(=O)N/C(=C/c2ccc(OCc3cccc4ccccc34)cc2)C1=O. The number of aryl methyl sites for hydroxylation is 1. The lowest BCUT2D eigenvalue weighted by molar-refractivity contribution is -0.127. The first-order valence-corrected chi connectivity index (χ1v) is 12.4. The molecular formula is C31H27N3O4. The molecular weight excluding hydrogens is 478 g/mol. The third-order valence-corrected chi connectivity index (χ3v) is 6.40. The summed E-state index contributed by atoms with van der Waals surface area (Å²) in [4.78, 5) is 38.7. The van der Waals surface area contributed by atoms with Gasteiger partial charge in [0.2, 0.25) is 5.91 Å². The van der Waals surface area contributed by atoms with E-state index < -0.39 is 17.8 Å². The number of rotatable bonds is 8. The number of fused-ring (bicyclic) bond motifs is 1. The van der Waals surface area contributed by atoms with E-state index in [0.29, 0.717) is 23.6 Å². The van der Waals surface area contributed by atoms with Gasteiger partial charge in [0.15, 0.2) is 0 Å². The Kier molecular flexibility index (Phi) is 7.17. The molecule has 1 saturated heterocycles. The predicted molar refractivity (Wildman–Crippen MR) is 147 cm³/mol. The van der Waals surface area contributed by atoms with Crippen LogP contribution in [0.5, 0.6) is 5.75 Å². The van der Waals surface area contributed by atoms with E-state index in [-0.39, 0.29) is 12.2 Å². The predicted octanol–water partition coefficient (Wildman–Crippen LogP) is 5.51. The summed E-state index contributed by atoms with van der Waals surface area (Å²) in [5.41, 5.74) is 3.57. The molecule has 190 valence electrons. The molecule has 1 heterocycles. The second kappa shape index (κ2) is 11.0. The third-order valence-electron chi connectivity index (χ3n) is 6.40. The Hall–Kier alpha value is -4.91. The Morgan fingerprint density at radius 1 is 0.895 bits per heavy atom. The fourth-order valence-corrected chi connectivity index (χ4v) is 4.41. The molecule has 1 fully saturated rings. The van der Waals surface area contributed by atoms with E-state index in [2.05, 4.69) is 28.8 Å². The number of nitrogens with one attached hydrogen (secondary N) is 2. The maximum Gasteiger partial charge on any atom is 0.329 e. The highest BCUT2D eigenvalue weighted by Crippen LogP contribution is 2.22. The van der Waals surface area contributed by atoms with Crippen molar-refractivity contribution in [1.29, 1.82) is 0 Å². The van der Waals surface area contributed by atoms with Gasteiger partial charge in [-0.3, -0.25) is 9.59 Å². The summed E-state index contributed by atoms with van der Waals surface area (Å²) in [7, 11) is 0. The van der Waals surface area contributed by atoms with Crippen molar-refractivity contribution in [1.82, 2.24) is 10.2 Å². The highest BCUT2D eigenvalue weighted by atomic mass is 16.5. The lowest BCUT2D eigenvalue weighted by atomic mass is 10.1. The van der Waals surface area contributed by atoms with Crippen molar-refractivity contribution in [3.8, 4) is 5.75 Å². The summed E-state index contributed by atoms with van der Waals surface area (Å²) in [6, 6.07) is 28.4. The Morgan fingerprint density at radius 2 is 1.61 bits per heavy atom. The van der Waals surface area contributed by atoms with Crippen LogP contribution >= 0.6 is 0 Å². The minimum atomic E-state index is -0.629. The Labute approximate surface area is 220 Å². The molecule has 7 heteroatoms. The number of carbonyl (C=O) groups excluding carboxylic acids is 3. The first-order valence-electron chi connectivity index (χ1n) is 12.4. The zero-order valence-electron chi connectivity index (χ0n) is 20.9. The third kappa shape index (κ3) is 5.42. The van der Waals surface area contributed by atoms with Gasteiger partial charge in [-0.2, -0.15) is 0 Å². The second-order valence-corrected chi connectivity index (χ2v) is 8.93. The molecule has 0 radical (unpaired) electrons. The molecule has 0 aromatic heterocycles. The van der Waals surface area contributed by atoms with Crippen LogP contribution in [0.2, 0.25) is 0 Å². The van der Waals surface area contributed by atoms with Crippen molar-refractivity contribution >= 4 is 40.4 Å². The van der Waals surface area contributed by atoms with Gasteiger partial charge in [0, 0.05) is 5.69 Å². The number of benzene rings is 4. The number of hydrogen-bond donors (Lipinski definition) is 2. The molecule has 1 aliphatic heterocycles. The normalized spacial score (nSPS) is 14.1. The summed E-state index contributed by atoms with van der Waals surface area (Å²) in [6.07, 6.45) is 2.33. The van der Waals surface area contributed by atoms with Crippen LogP contribution in [0.25, 0.3) is 16.8 Å². The Bertz CT molecular complexity index is 1540. The van der Waals surface area contributed by atoms with Gasteiger partial charge in [0.1, 0.15) is 24.6 Å². The summed E-state index contributed by atoms with van der Waals surface area (Å²) in [6.45, 7) is 2.04. The zero-order chi connectivity index (χ0) is 26.5. The number of hydrogen-bond acceptors (Lipinski definition) is 4. The lowest BCUT2D eigenvalue weighted by Crippen LogP contribution is -2.38. The smallest absolute Gasteiger partial charge is 0.329 e. The van der Waals surface area contributed by atoms with E-state index in [1.807, 2.05) is 73.7 Å². The van der Waals surface area contributed by atoms with Crippen LogP contribution in [-0.4, -0.2) is 29.3 Å². The summed E-state index contributed by atoms with van der Waals surface area (Å²) in [5.74, 6) is -0.305. The number of ether oxygens (including phenoxy) is 1. The van der Waals surface area contributed by atoms with Crippen molar-refractivity contribution in [2.24, 2.45) is 0 Å². The molecule has 38 heavy (non-hydrogen) atoms. The lowest BCUT2D eigenvalue weighted by Gasteiger charge is -2.13. The van der Waals surface area contributed by atoms with Crippen LogP contribution in [0.4, 0.5) is 10.5 Å². The first-order chi connectivity index (χ1) is 18.5. The minimum Gasteiger partial charge on any atom is -0.489 e. The van der Waals surface area contributed by atoms with E-state index >= 15 is 0 Å². The molecule has 4 aromatic rings. The number of imide groups is 1. The van der Waals surface area contributed by atoms with Gasteiger partial charge >= 0.3 is 6.03 Å². The van der Waals surface area contributed by atoms with Gasteiger partial charge < -0.3 is 15.4 Å². The van der Waals surface area contributed by atoms with Gasteiger partial charge in [-0.1, -0.05) is 79.7 Å². The number of carbonyl (C=O) groups is 3. The summed E-state index contributed by atoms with van der Waals surface area (Å²) >= 11 is 0. The highest BCUT2D eigenvalue weighted by Gasteiger charge is 2.35. The van der Waals surface area contributed by atoms with Crippen LogP contribution in [0, 0.1) is 0 Å². The van der Waals surface area contributed by atoms with Crippen LogP contribution in [0.3, 0.4) is 0 Å². The van der Waals surface area contributed by atoms with E-state index in [0.717, 1.165) is 33.2 Å². The van der Waals surface area contributed by atoms with E-state index in [4.69, 9.17) is 4.74 Å². The molecule has 0 saturated carbocycles. The average molecular weight is 506 g/mol. The molecule has 0 atom stereocenters. The van der Waals surface area contributed by atoms with Gasteiger partial charge in [0.25, 0.3) is 5.91 Å². The molecule has 0 spiro atoms. The molecule has 0 bridgehead atoms. The van der Waals surface area contributed by atoms with Gasteiger partial charge in [0.05, 0.1) is 0 Å². The van der Waals surface area contributed by atoms with Crippen LogP contribution in [-0.2, 0) is 22.6 Å². The zero-order valence-corrected chi connectivity index (χ0v) is 20.9. The quantitative estimate of drug-likeness (QED) is 0.244. The van der Waals surface area contributed by atoms with Crippen LogP contribution < -0.4 is 15.4 Å². The van der Waals surface area contributed by atoms with Crippen molar-refractivity contribution in [3.63, 3.8) is 0 Å². The maximum atomic E-state index is 12.8. The molecule has 0 unspecified atom stereocenters. The molecule has 0 aliphatic carbocycles. The fraction of sp³-hybridized carbons (Fsp3) is 0.129. The maximum absolute atomic E-state index is 12.8. The standard InChI is InChI=1S/C31H27N3O4/c1-2-22-8-4-6-13-27(22)32-29(35)19-34-30(36)28(33-31(34)37)18-21-14-16-25(17-15-21)38-20-24-11-7-10-23-9-3-5-12-26(23)24/h3-18H,2,19-20H2,1H3,(H,32,35)(H,33,37)/b28-18+. The van der Waals surface area contributed by atoms with Crippen molar-refractivity contribution in [2.75, 3.05) is 11.9 Å². The van der Waals surface area contributed by atoms with Crippen LogP contribution in [0.1, 0.15) is 23.6 Å². The van der Waals surface area contributed by atoms with Crippen LogP contribution in [0.15, 0.2) is 96.7 Å². The van der Waals surface area contributed by atoms with Gasteiger partial charge in [-0.25, -0.2) is 9.69 Å². The molecule has 4 amide bonds. The first kappa shape index (κ1) is 24.8. The number of nitrogens with zero attached hydrogens (tertiary/aromatic N) is 1. The van der Waals surface area contributed by atoms with Gasteiger partial charge in [-0.15, -0.1) is 0 Å². The molecule has 7 nitrogen and oxygen atoms in total. The van der Waals surface area contributed by atoms with Gasteiger partial charge in [-0.05, 0) is 58.2 Å². The largest absolute Gasteiger partial charge is 0.489 e. The number of anilines is 1. The Morgan fingerprint density at radius 3 is 2.42 bits per heavy atom. The number of amides is 4. The number of para-hydroxylation sites is 1. The molecule has 1 aliphatic rings. The number of urea groups is 1. The minimum absolute atomic E-state index is 0.112. The summed E-state index contributed by atoms with van der Waals surface area (Å²) in [5, 5.41) is 7.66. The average Bonchev–Trinajstić information content (AvgIpc) is 3.20. The van der Waals surface area contributed by atoms with E-state index in [1.54, 1.807) is 12.1 Å². The Balaban J connectivity index is 1.21. The molecule has 5 rings (SSSR count). The summed E-state index contributed by atoms with van der Waals surface area (Å²) < 4.78 is 5.98. The van der Waals surface area contributed by atoms with Crippen molar-refractivity contribution in [2.45, 2.75) is 20.0 Å². The second-order valence-electron chi connectivity index (χ2n) is 8.93. The van der Waals surface area contributed by atoms with Crippen molar-refractivity contribution in [3.05, 3.63) is 113 Å².